The highest BCUT2D eigenvalue weighted by Gasteiger charge is 2.23. The van der Waals surface area contributed by atoms with Crippen molar-refractivity contribution in [1.82, 2.24) is 18.7 Å². The molecule has 7 nitrogen and oxygen atoms in total. The molecule has 148 valence electrons. The molecule has 0 amide bonds. The first-order valence-corrected chi connectivity index (χ1v) is 10.0. The lowest BCUT2D eigenvalue weighted by Gasteiger charge is -2.23. The van der Waals surface area contributed by atoms with Crippen molar-refractivity contribution in [2.75, 3.05) is 18.0 Å². The summed E-state index contributed by atoms with van der Waals surface area (Å²) in [4.78, 5) is 32.3. The number of hydrogen-bond acceptors (Lipinski definition) is 4. The molecule has 3 heterocycles. The highest BCUT2D eigenvalue weighted by molar-refractivity contribution is 6.30. The summed E-state index contributed by atoms with van der Waals surface area (Å²) < 4.78 is 4.63. The topological polar surface area (TPSA) is 65.1 Å². The molecule has 4 rings (SSSR count). The lowest BCUT2D eigenvalue weighted by molar-refractivity contribution is 0.676. The van der Waals surface area contributed by atoms with Crippen molar-refractivity contribution in [2.24, 2.45) is 14.1 Å². The summed E-state index contributed by atoms with van der Waals surface area (Å²) in [5.41, 5.74) is 1.22. The number of nitrogens with zero attached hydrogens (tertiary/aromatic N) is 5. The molecule has 1 fully saturated rings. The van der Waals surface area contributed by atoms with Crippen molar-refractivity contribution >= 4 is 28.7 Å². The van der Waals surface area contributed by atoms with Gasteiger partial charge in [0.15, 0.2) is 11.2 Å². The SMILES string of the molecule is Cn1c(=O)c2nc(N3CCCCCC3)n(Cc3ccc(Cl)cc3)c2n(C)c1=O. The molecule has 8 heteroatoms. The van der Waals surface area contributed by atoms with Crippen LogP contribution in [0.3, 0.4) is 0 Å². The highest BCUT2D eigenvalue weighted by Crippen LogP contribution is 2.24. The summed E-state index contributed by atoms with van der Waals surface area (Å²) in [6, 6.07) is 7.61. The first-order valence-electron chi connectivity index (χ1n) is 9.63. The van der Waals surface area contributed by atoms with Crippen LogP contribution < -0.4 is 16.1 Å². The van der Waals surface area contributed by atoms with Crippen LogP contribution in [-0.2, 0) is 20.6 Å². The first-order chi connectivity index (χ1) is 13.5. The smallest absolute Gasteiger partial charge is 0.332 e. The Morgan fingerprint density at radius 1 is 0.964 bits per heavy atom. The van der Waals surface area contributed by atoms with Crippen LogP contribution in [0.25, 0.3) is 11.2 Å². The van der Waals surface area contributed by atoms with Gasteiger partial charge in [-0.1, -0.05) is 36.6 Å². The molecule has 0 radical (unpaired) electrons. The molecule has 1 aliphatic rings. The van der Waals surface area contributed by atoms with Crippen molar-refractivity contribution in [2.45, 2.75) is 32.2 Å². The monoisotopic (exact) mass is 401 g/mol. The lowest BCUT2D eigenvalue weighted by atomic mass is 10.2. The molecule has 0 saturated carbocycles. The summed E-state index contributed by atoms with van der Waals surface area (Å²) in [5, 5.41) is 0.674. The minimum Gasteiger partial charge on any atom is -0.342 e. The maximum atomic E-state index is 12.8. The van der Waals surface area contributed by atoms with Gasteiger partial charge in [0, 0.05) is 32.2 Å². The van der Waals surface area contributed by atoms with Crippen molar-refractivity contribution in [3.63, 3.8) is 0 Å². The number of benzene rings is 1. The van der Waals surface area contributed by atoms with Gasteiger partial charge in [-0.2, -0.15) is 0 Å². The standard InChI is InChI=1S/C20H24ClN5O2/c1-23-17-16(18(27)24(2)20(23)28)22-19(25-11-5-3-4-6-12-25)26(17)13-14-7-9-15(21)10-8-14/h7-10H,3-6,11-13H2,1-2H3. The van der Waals surface area contributed by atoms with Gasteiger partial charge in [0.1, 0.15) is 0 Å². The van der Waals surface area contributed by atoms with Crippen LogP contribution in [0.5, 0.6) is 0 Å². The van der Waals surface area contributed by atoms with Gasteiger partial charge >= 0.3 is 5.69 Å². The van der Waals surface area contributed by atoms with Crippen LogP contribution in [0.15, 0.2) is 33.9 Å². The third-order valence-electron chi connectivity index (χ3n) is 5.46. The molecule has 0 N–H and O–H groups in total. The summed E-state index contributed by atoms with van der Waals surface area (Å²) in [6.45, 7) is 2.32. The fourth-order valence-corrected chi connectivity index (χ4v) is 4.03. The molecule has 1 saturated heterocycles. The fraction of sp³-hybridized carbons (Fsp3) is 0.450. The minimum atomic E-state index is -0.357. The normalized spacial score (nSPS) is 15.2. The molecule has 3 aromatic rings. The van der Waals surface area contributed by atoms with Crippen molar-refractivity contribution in [1.29, 1.82) is 0 Å². The Hall–Kier alpha value is -2.54. The number of aryl methyl sites for hydroxylation is 1. The quantitative estimate of drug-likeness (QED) is 0.676. The van der Waals surface area contributed by atoms with Gasteiger partial charge < -0.3 is 4.90 Å². The molecule has 0 aliphatic carbocycles. The zero-order valence-electron chi connectivity index (χ0n) is 16.2. The number of imidazole rings is 1. The van der Waals surface area contributed by atoms with Crippen molar-refractivity contribution in [3.8, 4) is 0 Å². The van der Waals surface area contributed by atoms with Crippen LogP contribution in [0.1, 0.15) is 31.2 Å². The minimum absolute atomic E-state index is 0.331. The molecule has 0 atom stereocenters. The Bertz CT molecular complexity index is 1120. The van der Waals surface area contributed by atoms with E-state index >= 15 is 0 Å². The Morgan fingerprint density at radius 2 is 1.61 bits per heavy atom. The second-order valence-corrected chi connectivity index (χ2v) is 7.84. The molecular weight excluding hydrogens is 378 g/mol. The second kappa shape index (κ2) is 7.47. The van der Waals surface area contributed by atoms with E-state index in [2.05, 4.69) is 4.90 Å². The van der Waals surface area contributed by atoms with Gasteiger partial charge in [-0.05, 0) is 30.5 Å². The number of aromatic nitrogens is 4. The summed E-state index contributed by atoms with van der Waals surface area (Å²) in [7, 11) is 3.18. The molecular formula is C20H24ClN5O2. The average molecular weight is 402 g/mol. The van der Waals surface area contributed by atoms with E-state index < -0.39 is 0 Å². The lowest BCUT2D eigenvalue weighted by Crippen LogP contribution is -2.37. The highest BCUT2D eigenvalue weighted by atomic mass is 35.5. The summed E-state index contributed by atoms with van der Waals surface area (Å²) in [6.07, 6.45) is 4.60. The number of anilines is 1. The van der Waals surface area contributed by atoms with E-state index in [1.165, 1.54) is 24.5 Å². The van der Waals surface area contributed by atoms with Crippen LogP contribution in [-0.4, -0.2) is 31.8 Å². The molecule has 1 aromatic carbocycles. The van der Waals surface area contributed by atoms with E-state index in [-0.39, 0.29) is 11.2 Å². The zero-order chi connectivity index (χ0) is 19.8. The maximum Gasteiger partial charge on any atom is 0.332 e. The van der Waals surface area contributed by atoms with Crippen LogP contribution in [0, 0.1) is 0 Å². The molecule has 28 heavy (non-hydrogen) atoms. The number of hydrogen-bond donors (Lipinski definition) is 0. The largest absolute Gasteiger partial charge is 0.342 e. The number of rotatable bonds is 3. The zero-order valence-corrected chi connectivity index (χ0v) is 16.9. The van der Waals surface area contributed by atoms with Gasteiger partial charge in [0.2, 0.25) is 5.95 Å². The third kappa shape index (κ3) is 3.24. The van der Waals surface area contributed by atoms with Crippen molar-refractivity contribution < 1.29 is 0 Å². The Balaban J connectivity index is 1.94. The van der Waals surface area contributed by atoms with Crippen LogP contribution in [0.4, 0.5) is 5.95 Å². The van der Waals surface area contributed by atoms with Crippen molar-refractivity contribution in [3.05, 3.63) is 55.7 Å². The molecule has 1 aliphatic heterocycles. The predicted molar refractivity (Wildman–Crippen MR) is 111 cm³/mol. The van der Waals surface area contributed by atoms with E-state index in [0.717, 1.165) is 42.0 Å². The van der Waals surface area contributed by atoms with Gasteiger partial charge in [-0.3, -0.25) is 18.5 Å². The van der Waals surface area contributed by atoms with Crippen LogP contribution in [0.2, 0.25) is 5.02 Å². The Kier molecular flexibility index (Phi) is 5.02. The molecule has 0 bridgehead atoms. The molecule has 2 aromatic heterocycles. The second-order valence-electron chi connectivity index (χ2n) is 7.40. The van der Waals surface area contributed by atoms with E-state index in [1.54, 1.807) is 7.05 Å². The van der Waals surface area contributed by atoms with E-state index in [9.17, 15) is 9.59 Å². The summed E-state index contributed by atoms with van der Waals surface area (Å²) >= 11 is 6.03. The average Bonchev–Trinajstić information content (AvgIpc) is 2.87. The first kappa shape index (κ1) is 18.8. The summed E-state index contributed by atoms with van der Waals surface area (Å²) in [5.74, 6) is 0.755. The van der Waals surface area contributed by atoms with Gasteiger partial charge in [0.25, 0.3) is 5.56 Å². The van der Waals surface area contributed by atoms with E-state index in [1.807, 2.05) is 28.8 Å². The van der Waals surface area contributed by atoms with Crippen LogP contribution >= 0.6 is 11.6 Å². The molecule has 0 unspecified atom stereocenters. The maximum absolute atomic E-state index is 12.8. The fourth-order valence-electron chi connectivity index (χ4n) is 3.91. The third-order valence-corrected chi connectivity index (χ3v) is 5.71. The van der Waals surface area contributed by atoms with E-state index in [0.29, 0.717) is 22.7 Å². The Labute approximate surface area is 167 Å². The Morgan fingerprint density at radius 3 is 2.25 bits per heavy atom. The number of halogens is 1. The predicted octanol–water partition coefficient (Wildman–Crippen LogP) is 2.52. The number of fused-ring (bicyclic) bond motifs is 1. The molecule has 0 spiro atoms. The van der Waals surface area contributed by atoms with Gasteiger partial charge in [0.05, 0.1) is 6.54 Å². The van der Waals surface area contributed by atoms with Gasteiger partial charge in [-0.15, -0.1) is 0 Å². The van der Waals surface area contributed by atoms with Gasteiger partial charge in [-0.25, -0.2) is 9.78 Å². The van der Waals surface area contributed by atoms with E-state index in [4.69, 9.17) is 16.6 Å².